The van der Waals surface area contributed by atoms with Gasteiger partial charge in [0, 0.05) is 12.3 Å². The van der Waals surface area contributed by atoms with Crippen molar-refractivity contribution in [3.8, 4) is 0 Å². The maximum atomic E-state index is 11.7. The number of allylic oxidation sites excluding steroid dienone is 1. The second kappa shape index (κ2) is 10.2. The molecule has 0 aliphatic heterocycles. The first kappa shape index (κ1) is 20.4. The van der Waals surface area contributed by atoms with Crippen molar-refractivity contribution >= 4 is 5.78 Å². The minimum atomic E-state index is -0.634. The summed E-state index contributed by atoms with van der Waals surface area (Å²) in [6.07, 6.45) is 5.66. The molecule has 0 aromatic carbocycles. The highest BCUT2D eigenvalue weighted by Crippen LogP contribution is 2.24. The molecular formula is C19H36O2. The van der Waals surface area contributed by atoms with Crippen molar-refractivity contribution in [2.45, 2.75) is 80.3 Å². The molecule has 1 N–H and O–H groups in total. The van der Waals surface area contributed by atoms with Gasteiger partial charge in [-0.2, -0.15) is 0 Å². The Kier molecular flexibility index (Phi) is 9.85. The molecule has 2 nitrogen and oxygen atoms in total. The normalized spacial score (nSPS) is 19.7. The summed E-state index contributed by atoms with van der Waals surface area (Å²) < 4.78 is 0. The summed E-state index contributed by atoms with van der Waals surface area (Å²) in [4.78, 5) is 11.7. The van der Waals surface area contributed by atoms with E-state index in [2.05, 4.69) is 33.8 Å². The van der Waals surface area contributed by atoms with Crippen LogP contribution in [-0.4, -0.2) is 17.0 Å². The Morgan fingerprint density at radius 3 is 2.10 bits per heavy atom. The van der Waals surface area contributed by atoms with Gasteiger partial charge in [0.15, 0.2) is 0 Å². The standard InChI is InChI=1S/C19H36O2/c1-8-13(3)10-14(4)11-15(5)12-16(6)19(21)17(7)18(20)9-2/h12-15,17,19,21H,8-11H2,1-7H3/b16-12+/t13-,14-,15-,17-,19+/m1/s1. The predicted octanol–water partition coefficient (Wildman–Crippen LogP) is 5.01. The molecule has 0 unspecified atom stereocenters. The fourth-order valence-electron chi connectivity index (χ4n) is 3.09. The van der Waals surface area contributed by atoms with Crippen molar-refractivity contribution in [3.63, 3.8) is 0 Å². The Balaban J connectivity index is 4.50. The summed E-state index contributed by atoms with van der Waals surface area (Å²) in [5, 5.41) is 10.3. The summed E-state index contributed by atoms with van der Waals surface area (Å²) in [6, 6.07) is 0. The third-order valence-electron chi connectivity index (χ3n) is 4.62. The fraction of sp³-hybridized carbons (Fsp3) is 0.842. The number of rotatable bonds is 10. The topological polar surface area (TPSA) is 37.3 Å². The number of aliphatic hydroxyl groups excluding tert-OH is 1. The first-order valence-electron chi connectivity index (χ1n) is 8.61. The van der Waals surface area contributed by atoms with Crippen LogP contribution in [0.25, 0.3) is 0 Å². The van der Waals surface area contributed by atoms with E-state index in [9.17, 15) is 9.90 Å². The molecule has 2 heteroatoms. The maximum Gasteiger partial charge on any atom is 0.138 e. The summed E-state index contributed by atoms with van der Waals surface area (Å²) >= 11 is 0. The second-order valence-electron chi connectivity index (χ2n) is 7.03. The highest BCUT2D eigenvalue weighted by atomic mass is 16.3. The van der Waals surface area contributed by atoms with Crippen LogP contribution in [0.4, 0.5) is 0 Å². The molecule has 0 amide bonds. The van der Waals surface area contributed by atoms with E-state index in [1.54, 1.807) is 0 Å². The number of hydrogen-bond acceptors (Lipinski definition) is 2. The van der Waals surface area contributed by atoms with E-state index in [1.165, 1.54) is 12.8 Å². The molecule has 0 saturated heterocycles. The van der Waals surface area contributed by atoms with Crippen LogP contribution in [0.3, 0.4) is 0 Å². The summed E-state index contributed by atoms with van der Waals surface area (Å²) in [5.41, 5.74) is 0.938. The average Bonchev–Trinajstić information content (AvgIpc) is 2.43. The maximum absolute atomic E-state index is 11.7. The van der Waals surface area contributed by atoms with Crippen LogP contribution in [0, 0.1) is 23.7 Å². The van der Waals surface area contributed by atoms with Gasteiger partial charge in [0.25, 0.3) is 0 Å². The zero-order chi connectivity index (χ0) is 16.6. The Bertz CT molecular complexity index is 332. The Hall–Kier alpha value is -0.630. The highest BCUT2D eigenvalue weighted by molar-refractivity contribution is 5.81. The van der Waals surface area contributed by atoms with Gasteiger partial charge in [-0.15, -0.1) is 0 Å². The minimum Gasteiger partial charge on any atom is -0.388 e. The Labute approximate surface area is 132 Å². The lowest BCUT2D eigenvalue weighted by Gasteiger charge is -2.21. The smallest absolute Gasteiger partial charge is 0.138 e. The molecule has 0 radical (unpaired) electrons. The number of carbonyl (C=O) groups excluding carboxylic acids is 1. The van der Waals surface area contributed by atoms with Gasteiger partial charge < -0.3 is 5.11 Å². The average molecular weight is 296 g/mol. The van der Waals surface area contributed by atoms with Gasteiger partial charge >= 0.3 is 0 Å². The van der Waals surface area contributed by atoms with Crippen LogP contribution < -0.4 is 0 Å². The molecule has 0 aromatic heterocycles. The van der Waals surface area contributed by atoms with E-state index in [0.717, 1.165) is 17.9 Å². The molecule has 21 heavy (non-hydrogen) atoms. The summed E-state index contributed by atoms with van der Waals surface area (Å²) in [5.74, 6) is 1.77. The fourth-order valence-corrected chi connectivity index (χ4v) is 3.09. The molecule has 0 rings (SSSR count). The summed E-state index contributed by atoms with van der Waals surface area (Å²) in [6.45, 7) is 14.7. The zero-order valence-corrected chi connectivity index (χ0v) is 15.1. The zero-order valence-electron chi connectivity index (χ0n) is 15.1. The van der Waals surface area contributed by atoms with Crippen molar-refractivity contribution in [2.24, 2.45) is 23.7 Å². The van der Waals surface area contributed by atoms with Crippen molar-refractivity contribution in [2.75, 3.05) is 0 Å². The first-order valence-corrected chi connectivity index (χ1v) is 8.61. The van der Waals surface area contributed by atoms with Crippen LogP contribution in [0.2, 0.25) is 0 Å². The molecule has 0 fully saturated rings. The molecule has 0 heterocycles. The second-order valence-corrected chi connectivity index (χ2v) is 7.03. The van der Waals surface area contributed by atoms with Crippen LogP contribution >= 0.6 is 0 Å². The minimum absolute atomic E-state index is 0.132. The van der Waals surface area contributed by atoms with Gasteiger partial charge in [-0.3, -0.25) is 4.79 Å². The molecule has 124 valence electrons. The molecule has 0 bridgehead atoms. The van der Waals surface area contributed by atoms with Crippen LogP contribution in [-0.2, 0) is 4.79 Å². The lowest BCUT2D eigenvalue weighted by Crippen LogP contribution is -2.26. The Morgan fingerprint density at radius 1 is 1.05 bits per heavy atom. The van der Waals surface area contributed by atoms with Crippen molar-refractivity contribution in [1.82, 2.24) is 0 Å². The van der Waals surface area contributed by atoms with Gasteiger partial charge in [0.1, 0.15) is 5.78 Å². The van der Waals surface area contributed by atoms with Crippen LogP contribution in [0.15, 0.2) is 11.6 Å². The largest absolute Gasteiger partial charge is 0.388 e. The lowest BCUT2D eigenvalue weighted by atomic mass is 9.86. The van der Waals surface area contributed by atoms with E-state index in [-0.39, 0.29) is 11.7 Å². The van der Waals surface area contributed by atoms with Gasteiger partial charge in [-0.25, -0.2) is 0 Å². The quantitative estimate of drug-likeness (QED) is 0.575. The van der Waals surface area contributed by atoms with Crippen molar-refractivity contribution < 1.29 is 9.90 Å². The first-order chi connectivity index (χ1) is 9.72. The van der Waals surface area contributed by atoms with Crippen molar-refractivity contribution in [3.05, 3.63) is 11.6 Å². The number of ketones is 1. The molecule has 0 aromatic rings. The Morgan fingerprint density at radius 2 is 1.62 bits per heavy atom. The van der Waals surface area contributed by atoms with Crippen LogP contribution in [0.5, 0.6) is 0 Å². The van der Waals surface area contributed by atoms with E-state index < -0.39 is 6.10 Å². The van der Waals surface area contributed by atoms with E-state index in [4.69, 9.17) is 0 Å². The predicted molar refractivity (Wildman–Crippen MR) is 91.2 cm³/mol. The third-order valence-corrected chi connectivity index (χ3v) is 4.62. The SMILES string of the molecule is CCC(=O)[C@@H](C)[C@@H](O)/C(C)=C/[C@H](C)C[C@H](C)C[C@H](C)CC. The van der Waals surface area contributed by atoms with E-state index in [1.807, 2.05) is 20.8 Å². The van der Waals surface area contributed by atoms with Gasteiger partial charge in [0.05, 0.1) is 6.10 Å². The van der Waals surface area contributed by atoms with Gasteiger partial charge in [-0.1, -0.05) is 54.0 Å². The highest BCUT2D eigenvalue weighted by Gasteiger charge is 2.22. The lowest BCUT2D eigenvalue weighted by molar-refractivity contribution is -0.124. The monoisotopic (exact) mass is 296 g/mol. The number of carbonyl (C=O) groups is 1. The van der Waals surface area contributed by atoms with Crippen molar-refractivity contribution in [1.29, 1.82) is 0 Å². The molecule has 0 saturated carbocycles. The molecule has 0 spiro atoms. The third kappa shape index (κ3) is 7.80. The number of hydrogen-bond donors (Lipinski definition) is 1. The van der Waals surface area contributed by atoms with Crippen LogP contribution in [0.1, 0.15) is 74.1 Å². The molecule has 5 atom stereocenters. The number of aliphatic hydroxyl groups is 1. The molecule has 0 aliphatic rings. The van der Waals surface area contributed by atoms with E-state index >= 15 is 0 Å². The number of Topliss-reactive ketones (excluding diaryl/α,β-unsaturated/α-hetero) is 1. The molecule has 0 aliphatic carbocycles. The van der Waals surface area contributed by atoms with Gasteiger partial charge in [-0.05, 0) is 43.1 Å². The van der Waals surface area contributed by atoms with Gasteiger partial charge in [0.2, 0.25) is 0 Å². The summed E-state index contributed by atoms with van der Waals surface area (Å²) in [7, 11) is 0. The molecular weight excluding hydrogens is 260 g/mol. The van der Waals surface area contributed by atoms with E-state index in [0.29, 0.717) is 18.3 Å².